The van der Waals surface area contributed by atoms with Crippen LogP contribution in [0.1, 0.15) is 30.5 Å². The lowest BCUT2D eigenvalue weighted by Crippen LogP contribution is -2.28. The number of hydrogen-bond donors (Lipinski definition) is 1. The molecule has 0 saturated heterocycles. The van der Waals surface area contributed by atoms with Crippen LogP contribution in [0.25, 0.3) is 0 Å². The number of aryl methyl sites for hydroxylation is 1. The van der Waals surface area contributed by atoms with Gasteiger partial charge in [-0.3, -0.25) is 4.79 Å². The zero-order chi connectivity index (χ0) is 15.4. The first-order valence-electron chi connectivity index (χ1n) is 6.62. The van der Waals surface area contributed by atoms with Crippen molar-refractivity contribution in [3.63, 3.8) is 0 Å². The van der Waals surface area contributed by atoms with E-state index < -0.39 is 5.97 Å². The molecule has 1 heterocycles. The van der Waals surface area contributed by atoms with Gasteiger partial charge in [0.05, 0.1) is 10.4 Å². The minimum absolute atomic E-state index is 0.0269. The lowest BCUT2D eigenvalue weighted by molar-refractivity contribution is 0.0695. The van der Waals surface area contributed by atoms with Crippen molar-refractivity contribution in [2.24, 2.45) is 0 Å². The molecule has 2 rings (SSSR count). The van der Waals surface area contributed by atoms with E-state index in [0.717, 1.165) is 10.4 Å². The molecular weight excluding hydrogens is 286 g/mol. The lowest BCUT2D eigenvalue weighted by Gasteiger charge is -2.16. The molecule has 2 aromatic rings. The predicted molar refractivity (Wildman–Crippen MR) is 83.1 cm³/mol. The van der Waals surface area contributed by atoms with E-state index in [0.29, 0.717) is 23.4 Å². The molecule has 0 aliphatic heterocycles. The smallest absolute Gasteiger partial charge is 0.335 e. The van der Waals surface area contributed by atoms with Gasteiger partial charge in [-0.25, -0.2) is 4.79 Å². The van der Waals surface area contributed by atoms with Gasteiger partial charge >= 0.3 is 5.97 Å². The fraction of sp³-hybridized carbons (Fsp3) is 0.250. The first kappa shape index (κ1) is 15.3. The molecule has 0 aliphatic carbocycles. The molecule has 0 aliphatic rings. The van der Waals surface area contributed by atoms with E-state index in [2.05, 4.69) is 0 Å². The molecule has 0 bridgehead atoms. The molecule has 1 amide bonds. The first-order chi connectivity index (χ1) is 9.99. The van der Waals surface area contributed by atoms with Gasteiger partial charge in [0, 0.05) is 18.5 Å². The molecule has 1 aromatic heterocycles. The van der Waals surface area contributed by atoms with Gasteiger partial charge < -0.3 is 10.0 Å². The number of carbonyl (C=O) groups excluding carboxylic acids is 1. The first-order valence-corrected chi connectivity index (χ1v) is 7.44. The summed E-state index contributed by atoms with van der Waals surface area (Å²) in [5, 5.41) is 9.14. The second-order valence-electron chi connectivity index (χ2n) is 4.85. The van der Waals surface area contributed by atoms with Crippen LogP contribution in [0.3, 0.4) is 0 Å². The van der Waals surface area contributed by atoms with Crippen LogP contribution in [0.2, 0.25) is 0 Å². The van der Waals surface area contributed by atoms with Crippen LogP contribution < -0.4 is 0 Å². The third-order valence-corrected chi connectivity index (χ3v) is 4.25. The number of nitrogens with zero attached hydrogens (tertiary/aromatic N) is 1. The van der Waals surface area contributed by atoms with Crippen molar-refractivity contribution in [2.45, 2.75) is 13.3 Å². The molecule has 4 nitrogen and oxygen atoms in total. The van der Waals surface area contributed by atoms with Crippen LogP contribution in [0.4, 0.5) is 0 Å². The van der Waals surface area contributed by atoms with E-state index in [-0.39, 0.29) is 5.91 Å². The highest BCUT2D eigenvalue weighted by atomic mass is 32.1. The standard InChI is InChI=1S/C16H17NO3S/c1-11-7-8-14(21-11)15(18)17(2)10-9-12-5-3-4-6-13(12)16(19)20/h3-8H,9-10H2,1-2H3,(H,19,20). The van der Waals surface area contributed by atoms with Crippen LogP contribution >= 0.6 is 11.3 Å². The summed E-state index contributed by atoms with van der Waals surface area (Å²) >= 11 is 1.47. The van der Waals surface area contributed by atoms with Gasteiger partial charge in [-0.15, -0.1) is 11.3 Å². The van der Waals surface area contributed by atoms with Crippen molar-refractivity contribution in [1.29, 1.82) is 0 Å². The summed E-state index contributed by atoms with van der Waals surface area (Å²) in [7, 11) is 1.74. The summed E-state index contributed by atoms with van der Waals surface area (Å²) in [6, 6.07) is 10.6. The molecular formula is C16H17NO3S. The Morgan fingerprint density at radius 2 is 1.90 bits per heavy atom. The highest BCUT2D eigenvalue weighted by molar-refractivity contribution is 7.13. The number of rotatable bonds is 5. The van der Waals surface area contributed by atoms with Gasteiger partial charge in [0.1, 0.15) is 0 Å². The summed E-state index contributed by atoms with van der Waals surface area (Å²) in [5.74, 6) is -0.964. The number of carbonyl (C=O) groups is 2. The highest BCUT2D eigenvalue weighted by Crippen LogP contribution is 2.17. The number of aromatic carboxylic acids is 1. The molecule has 0 radical (unpaired) electrons. The number of amides is 1. The molecule has 0 atom stereocenters. The molecule has 21 heavy (non-hydrogen) atoms. The average molecular weight is 303 g/mol. The van der Waals surface area contributed by atoms with Gasteiger partial charge in [0.15, 0.2) is 0 Å². The Hall–Kier alpha value is -2.14. The van der Waals surface area contributed by atoms with Crippen LogP contribution in [-0.2, 0) is 6.42 Å². The fourth-order valence-electron chi connectivity index (χ4n) is 2.07. The Balaban J connectivity index is 2.03. The van der Waals surface area contributed by atoms with Crippen LogP contribution in [0.15, 0.2) is 36.4 Å². The zero-order valence-electron chi connectivity index (χ0n) is 12.0. The van der Waals surface area contributed by atoms with Crippen molar-refractivity contribution in [2.75, 3.05) is 13.6 Å². The third-order valence-electron chi connectivity index (χ3n) is 3.26. The maximum atomic E-state index is 12.2. The normalized spacial score (nSPS) is 10.4. The zero-order valence-corrected chi connectivity index (χ0v) is 12.8. The largest absolute Gasteiger partial charge is 0.478 e. The van der Waals surface area contributed by atoms with E-state index in [1.165, 1.54) is 11.3 Å². The minimum atomic E-state index is -0.937. The van der Waals surface area contributed by atoms with Crippen molar-refractivity contribution >= 4 is 23.2 Å². The average Bonchev–Trinajstić information content (AvgIpc) is 2.90. The van der Waals surface area contributed by atoms with Crippen LogP contribution in [0.5, 0.6) is 0 Å². The topological polar surface area (TPSA) is 57.6 Å². The van der Waals surface area contributed by atoms with Crippen LogP contribution in [0, 0.1) is 6.92 Å². The molecule has 0 unspecified atom stereocenters. The lowest BCUT2D eigenvalue weighted by atomic mass is 10.0. The van der Waals surface area contributed by atoms with Crippen molar-refractivity contribution in [3.8, 4) is 0 Å². The quantitative estimate of drug-likeness (QED) is 0.923. The van der Waals surface area contributed by atoms with Gasteiger partial charge in [-0.2, -0.15) is 0 Å². The minimum Gasteiger partial charge on any atom is -0.478 e. The fourth-order valence-corrected chi connectivity index (χ4v) is 2.94. The molecule has 1 aromatic carbocycles. The number of benzene rings is 1. The van der Waals surface area contributed by atoms with E-state index in [1.807, 2.05) is 25.1 Å². The summed E-state index contributed by atoms with van der Waals surface area (Å²) in [5.41, 5.74) is 1.04. The Kier molecular flexibility index (Phi) is 4.75. The monoisotopic (exact) mass is 303 g/mol. The molecule has 110 valence electrons. The summed E-state index contributed by atoms with van der Waals surface area (Å²) in [6.45, 7) is 2.45. The maximum Gasteiger partial charge on any atom is 0.335 e. The second-order valence-corrected chi connectivity index (χ2v) is 6.14. The molecule has 0 fully saturated rings. The molecule has 0 spiro atoms. The predicted octanol–water partition coefficient (Wildman–Crippen LogP) is 3.07. The van der Waals surface area contributed by atoms with Crippen molar-refractivity contribution < 1.29 is 14.7 Å². The SMILES string of the molecule is Cc1ccc(C(=O)N(C)CCc2ccccc2C(=O)O)s1. The molecule has 1 N–H and O–H groups in total. The number of carboxylic acid groups (broad SMARTS) is 1. The Morgan fingerprint density at radius 3 is 2.52 bits per heavy atom. The van der Waals surface area contributed by atoms with Crippen molar-refractivity contribution in [1.82, 2.24) is 4.90 Å². The van der Waals surface area contributed by atoms with E-state index in [1.54, 1.807) is 30.1 Å². The van der Waals surface area contributed by atoms with E-state index in [9.17, 15) is 9.59 Å². The van der Waals surface area contributed by atoms with Crippen molar-refractivity contribution in [3.05, 3.63) is 57.3 Å². The van der Waals surface area contributed by atoms with Gasteiger partial charge in [-0.1, -0.05) is 18.2 Å². The Bertz CT molecular complexity index is 663. The Morgan fingerprint density at radius 1 is 1.19 bits per heavy atom. The summed E-state index contributed by atoms with van der Waals surface area (Å²) < 4.78 is 0. The van der Waals surface area contributed by atoms with Gasteiger partial charge in [0.25, 0.3) is 5.91 Å². The number of carboxylic acids is 1. The van der Waals surface area contributed by atoms with E-state index >= 15 is 0 Å². The van der Waals surface area contributed by atoms with Crippen LogP contribution in [-0.4, -0.2) is 35.5 Å². The maximum absolute atomic E-state index is 12.2. The van der Waals surface area contributed by atoms with Gasteiger partial charge in [-0.05, 0) is 37.1 Å². The number of likely N-dealkylation sites (N-methyl/N-ethyl adjacent to an activating group) is 1. The Labute approximate surface area is 127 Å². The van der Waals surface area contributed by atoms with Gasteiger partial charge in [0.2, 0.25) is 0 Å². The van der Waals surface area contributed by atoms with E-state index in [4.69, 9.17) is 5.11 Å². The third kappa shape index (κ3) is 3.70. The number of hydrogen-bond acceptors (Lipinski definition) is 3. The second kappa shape index (κ2) is 6.54. The summed E-state index contributed by atoms with van der Waals surface area (Å²) in [4.78, 5) is 26.8. The number of thiophene rings is 1. The molecule has 0 saturated carbocycles. The highest BCUT2D eigenvalue weighted by Gasteiger charge is 2.15. The molecule has 5 heteroatoms. The summed E-state index contributed by atoms with van der Waals surface area (Å²) in [6.07, 6.45) is 0.523.